The van der Waals surface area contributed by atoms with E-state index in [9.17, 15) is 4.79 Å². The first-order valence-electron chi connectivity index (χ1n) is 8.49. The van der Waals surface area contributed by atoms with E-state index in [2.05, 4.69) is 23.2 Å². The Kier molecular flexibility index (Phi) is 5.36. The average molecular weight is 347 g/mol. The number of nitrogens with zero attached hydrogens (tertiary/aromatic N) is 4. The van der Waals surface area contributed by atoms with Crippen molar-refractivity contribution in [1.82, 2.24) is 19.6 Å². The lowest BCUT2D eigenvalue weighted by Gasteiger charge is -2.40. The van der Waals surface area contributed by atoms with Gasteiger partial charge < -0.3 is 4.90 Å². The highest BCUT2D eigenvalue weighted by atomic mass is 32.1. The third kappa shape index (κ3) is 3.87. The van der Waals surface area contributed by atoms with Crippen molar-refractivity contribution in [3.05, 3.63) is 40.3 Å². The van der Waals surface area contributed by atoms with Crippen molar-refractivity contribution < 1.29 is 4.79 Å². The van der Waals surface area contributed by atoms with Gasteiger partial charge >= 0.3 is 0 Å². The first kappa shape index (κ1) is 17.2. The maximum Gasteiger partial charge on any atom is 0.227 e. The highest BCUT2D eigenvalue weighted by Crippen LogP contribution is 2.35. The third-order valence-electron chi connectivity index (χ3n) is 4.91. The molecule has 0 N–H and O–H groups in total. The molecule has 1 aliphatic rings. The van der Waals surface area contributed by atoms with E-state index in [1.165, 1.54) is 12.0 Å². The molecule has 24 heavy (non-hydrogen) atoms. The van der Waals surface area contributed by atoms with Crippen LogP contribution in [0.1, 0.15) is 29.3 Å². The second kappa shape index (κ2) is 7.49. The Morgan fingerprint density at radius 1 is 1.46 bits per heavy atom. The molecule has 2 aromatic rings. The second-order valence-electron chi connectivity index (χ2n) is 6.81. The third-order valence-corrected chi connectivity index (χ3v) is 5.79. The van der Waals surface area contributed by atoms with E-state index in [0.29, 0.717) is 18.4 Å². The van der Waals surface area contributed by atoms with Crippen LogP contribution in [0.4, 0.5) is 0 Å². The van der Waals surface area contributed by atoms with Crippen molar-refractivity contribution in [3.63, 3.8) is 0 Å². The summed E-state index contributed by atoms with van der Waals surface area (Å²) in [7, 11) is 6.07. The van der Waals surface area contributed by atoms with Gasteiger partial charge in [0.05, 0.1) is 12.6 Å². The van der Waals surface area contributed by atoms with E-state index in [0.717, 1.165) is 24.4 Å². The van der Waals surface area contributed by atoms with Crippen LogP contribution in [-0.2, 0) is 18.3 Å². The van der Waals surface area contributed by atoms with Crippen LogP contribution in [0.15, 0.2) is 29.9 Å². The van der Waals surface area contributed by atoms with Gasteiger partial charge in [0.1, 0.15) is 0 Å². The summed E-state index contributed by atoms with van der Waals surface area (Å²) in [5.41, 5.74) is 1.25. The minimum absolute atomic E-state index is 0.204. The fourth-order valence-electron chi connectivity index (χ4n) is 3.72. The van der Waals surface area contributed by atoms with Crippen molar-refractivity contribution in [2.24, 2.45) is 13.0 Å². The minimum Gasteiger partial charge on any atom is -0.345 e. The Morgan fingerprint density at radius 2 is 2.29 bits per heavy atom. The van der Waals surface area contributed by atoms with Gasteiger partial charge in [-0.15, -0.1) is 11.3 Å². The second-order valence-corrected chi connectivity index (χ2v) is 7.84. The van der Waals surface area contributed by atoms with Crippen LogP contribution in [0, 0.1) is 5.92 Å². The molecule has 1 fully saturated rings. The Hall–Kier alpha value is -1.66. The summed E-state index contributed by atoms with van der Waals surface area (Å²) in [6.07, 6.45) is 6.92. The number of piperidine rings is 1. The summed E-state index contributed by atoms with van der Waals surface area (Å²) >= 11 is 1.65. The van der Waals surface area contributed by atoms with Crippen LogP contribution in [0.3, 0.4) is 0 Å². The van der Waals surface area contributed by atoms with Crippen LogP contribution in [0.2, 0.25) is 0 Å². The van der Waals surface area contributed by atoms with E-state index in [-0.39, 0.29) is 5.91 Å². The molecular formula is C18H26N4OS. The van der Waals surface area contributed by atoms with Gasteiger partial charge in [-0.1, -0.05) is 6.07 Å². The van der Waals surface area contributed by atoms with Gasteiger partial charge in [-0.2, -0.15) is 5.10 Å². The van der Waals surface area contributed by atoms with Gasteiger partial charge in [-0.05, 0) is 43.8 Å². The number of carbonyl (C=O) groups is 1. The van der Waals surface area contributed by atoms with E-state index < -0.39 is 0 Å². The Labute approximate surface area is 147 Å². The molecule has 0 bridgehead atoms. The molecule has 1 aliphatic heterocycles. The minimum atomic E-state index is 0.204. The molecule has 2 aromatic heterocycles. The van der Waals surface area contributed by atoms with Crippen LogP contribution in [-0.4, -0.2) is 52.7 Å². The van der Waals surface area contributed by atoms with Gasteiger partial charge in [0.25, 0.3) is 0 Å². The van der Waals surface area contributed by atoms with Gasteiger partial charge in [-0.3, -0.25) is 14.4 Å². The summed E-state index contributed by atoms with van der Waals surface area (Å²) in [5.74, 6) is 0.654. The predicted molar refractivity (Wildman–Crippen MR) is 97.0 cm³/mol. The van der Waals surface area contributed by atoms with Gasteiger partial charge in [0.2, 0.25) is 5.91 Å². The van der Waals surface area contributed by atoms with Gasteiger partial charge in [0, 0.05) is 43.3 Å². The van der Waals surface area contributed by atoms with Gasteiger partial charge in [-0.25, -0.2) is 0 Å². The molecule has 3 rings (SSSR count). The molecule has 2 atom stereocenters. The molecule has 0 saturated carbocycles. The number of aromatic nitrogens is 2. The summed E-state index contributed by atoms with van der Waals surface area (Å²) in [4.78, 5) is 18.0. The normalized spacial score (nSPS) is 21.8. The van der Waals surface area contributed by atoms with Crippen molar-refractivity contribution in [3.8, 4) is 0 Å². The summed E-state index contributed by atoms with van der Waals surface area (Å²) in [5, 5.41) is 6.36. The lowest BCUT2D eigenvalue weighted by Crippen LogP contribution is -2.42. The monoisotopic (exact) mass is 346 g/mol. The maximum atomic E-state index is 12.5. The summed E-state index contributed by atoms with van der Waals surface area (Å²) in [6, 6.07) is 4.37. The van der Waals surface area contributed by atoms with E-state index in [1.807, 2.05) is 47.4 Å². The van der Waals surface area contributed by atoms with E-state index >= 15 is 0 Å². The molecule has 1 saturated heterocycles. The summed E-state index contributed by atoms with van der Waals surface area (Å²) < 4.78 is 1.86. The molecule has 0 unspecified atom stereocenters. The molecule has 0 radical (unpaired) electrons. The van der Waals surface area contributed by atoms with Crippen molar-refractivity contribution in [2.75, 3.05) is 27.2 Å². The molecule has 6 heteroatoms. The zero-order valence-corrected chi connectivity index (χ0v) is 15.5. The van der Waals surface area contributed by atoms with Crippen LogP contribution < -0.4 is 0 Å². The number of likely N-dealkylation sites (N-methyl/N-ethyl adjacent to an activating group) is 1. The molecule has 3 heterocycles. The standard InChI is InChI=1S/C18H26N4OS/c1-20-8-4-6-14(18(20)15-11-19-22(3)13-15)12-21(2)17(23)10-16-7-5-9-24-16/h5,7,9,11,13-14,18H,4,6,8,10,12H2,1-3H3/t14-,18+/m0/s1. The Balaban J connectivity index is 1.68. The summed E-state index contributed by atoms with van der Waals surface area (Å²) in [6.45, 7) is 1.90. The van der Waals surface area contributed by atoms with E-state index in [4.69, 9.17) is 0 Å². The number of hydrogen-bond donors (Lipinski definition) is 0. The number of thiophene rings is 1. The molecule has 0 aliphatic carbocycles. The number of hydrogen-bond acceptors (Lipinski definition) is 4. The molecule has 1 amide bonds. The fourth-order valence-corrected chi connectivity index (χ4v) is 4.42. The predicted octanol–water partition coefficient (Wildman–Crippen LogP) is 2.57. The largest absolute Gasteiger partial charge is 0.345 e. The molecule has 0 spiro atoms. The first-order valence-corrected chi connectivity index (χ1v) is 9.37. The molecular weight excluding hydrogens is 320 g/mol. The smallest absolute Gasteiger partial charge is 0.227 e. The zero-order valence-electron chi connectivity index (χ0n) is 14.7. The average Bonchev–Trinajstić information content (AvgIpc) is 3.19. The van der Waals surface area contributed by atoms with Crippen molar-refractivity contribution in [2.45, 2.75) is 25.3 Å². The SMILES string of the molecule is CN(C[C@@H]1CCCN(C)[C@H]1c1cnn(C)c1)C(=O)Cc1cccs1. The Bertz CT molecular complexity index is 666. The highest BCUT2D eigenvalue weighted by molar-refractivity contribution is 7.10. The van der Waals surface area contributed by atoms with Crippen LogP contribution in [0.5, 0.6) is 0 Å². The quantitative estimate of drug-likeness (QED) is 0.835. The fraction of sp³-hybridized carbons (Fsp3) is 0.556. The lowest BCUT2D eigenvalue weighted by molar-refractivity contribution is -0.130. The topological polar surface area (TPSA) is 41.4 Å². The molecule has 130 valence electrons. The number of aryl methyl sites for hydroxylation is 1. The van der Waals surface area contributed by atoms with Crippen LogP contribution >= 0.6 is 11.3 Å². The van der Waals surface area contributed by atoms with Crippen molar-refractivity contribution >= 4 is 17.2 Å². The number of rotatable bonds is 5. The number of likely N-dealkylation sites (tertiary alicyclic amines) is 1. The lowest BCUT2D eigenvalue weighted by atomic mass is 9.85. The maximum absolute atomic E-state index is 12.5. The highest BCUT2D eigenvalue weighted by Gasteiger charge is 2.32. The first-order chi connectivity index (χ1) is 11.5. The molecule has 0 aromatic carbocycles. The number of carbonyl (C=O) groups excluding carboxylic acids is 1. The van der Waals surface area contributed by atoms with E-state index in [1.54, 1.807) is 11.3 Å². The Morgan fingerprint density at radius 3 is 2.96 bits per heavy atom. The van der Waals surface area contributed by atoms with Crippen molar-refractivity contribution in [1.29, 1.82) is 0 Å². The van der Waals surface area contributed by atoms with Crippen LogP contribution in [0.25, 0.3) is 0 Å². The zero-order chi connectivity index (χ0) is 17.1. The molecule has 5 nitrogen and oxygen atoms in total. The van der Waals surface area contributed by atoms with Gasteiger partial charge in [0.15, 0.2) is 0 Å². The number of amides is 1.